The molecule has 0 atom stereocenters. The van der Waals surface area contributed by atoms with Crippen LogP contribution in [-0.2, 0) is 16.4 Å². The van der Waals surface area contributed by atoms with E-state index < -0.39 is 15.9 Å². The molecule has 1 amide bonds. The summed E-state index contributed by atoms with van der Waals surface area (Å²) in [4.78, 5) is 12.4. The zero-order valence-corrected chi connectivity index (χ0v) is 16.8. The number of rotatable bonds is 8. The van der Waals surface area contributed by atoms with Crippen molar-refractivity contribution in [2.75, 3.05) is 19.6 Å². The van der Waals surface area contributed by atoms with Crippen molar-refractivity contribution in [3.05, 3.63) is 64.4 Å². The second-order valence-electron chi connectivity index (χ2n) is 5.83. The van der Waals surface area contributed by atoms with Gasteiger partial charge in [-0.05, 0) is 36.2 Å². The summed E-state index contributed by atoms with van der Waals surface area (Å²) in [6.07, 6.45) is 0.313. The fourth-order valence-corrected chi connectivity index (χ4v) is 4.35. The third kappa shape index (κ3) is 5.06. The average molecular weight is 413 g/mol. The quantitative estimate of drug-likeness (QED) is 0.721. The van der Waals surface area contributed by atoms with E-state index in [1.807, 2.05) is 0 Å². The van der Waals surface area contributed by atoms with Crippen molar-refractivity contribution in [3.63, 3.8) is 0 Å². The largest absolute Gasteiger partial charge is 0.352 e. The number of nitrogens with one attached hydrogen (secondary N) is 1. The van der Waals surface area contributed by atoms with Gasteiger partial charge >= 0.3 is 0 Å². The first kappa shape index (κ1) is 21.3. The molecule has 0 aliphatic carbocycles. The van der Waals surface area contributed by atoms with Gasteiger partial charge in [-0.3, -0.25) is 4.79 Å². The number of sulfonamides is 1. The van der Waals surface area contributed by atoms with Gasteiger partial charge in [-0.15, -0.1) is 0 Å². The molecule has 0 aliphatic heterocycles. The summed E-state index contributed by atoms with van der Waals surface area (Å²) in [5.74, 6) is -0.843. The molecule has 2 aromatic rings. The summed E-state index contributed by atoms with van der Waals surface area (Å²) in [7, 11) is -3.70. The molecule has 2 aromatic carbocycles. The van der Waals surface area contributed by atoms with Crippen LogP contribution in [0, 0.1) is 5.82 Å². The maximum Gasteiger partial charge on any atom is 0.252 e. The molecule has 0 fully saturated rings. The lowest BCUT2D eigenvalue weighted by Gasteiger charge is -2.19. The zero-order valence-electron chi connectivity index (χ0n) is 15.2. The maximum atomic E-state index is 13.6. The number of nitrogens with zero attached hydrogens (tertiary/aromatic N) is 1. The molecule has 8 heteroatoms. The van der Waals surface area contributed by atoms with Crippen molar-refractivity contribution in [3.8, 4) is 0 Å². The molecule has 0 aliphatic rings. The SMILES string of the molecule is CCN(CC)S(=O)(=O)c1ccc(Cl)c(C(=O)NCCc2ccccc2F)c1. The topological polar surface area (TPSA) is 66.5 Å². The monoisotopic (exact) mass is 412 g/mol. The van der Waals surface area contributed by atoms with E-state index in [9.17, 15) is 17.6 Å². The molecule has 0 spiro atoms. The summed E-state index contributed by atoms with van der Waals surface area (Å²) >= 11 is 6.08. The number of carbonyl (C=O) groups excluding carboxylic acids is 1. The molecule has 0 heterocycles. The Hall–Kier alpha value is -1.96. The molecule has 146 valence electrons. The van der Waals surface area contributed by atoms with E-state index in [2.05, 4.69) is 5.32 Å². The Morgan fingerprint density at radius 2 is 1.81 bits per heavy atom. The number of hydrogen-bond donors (Lipinski definition) is 1. The van der Waals surface area contributed by atoms with Crippen LogP contribution in [0.3, 0.4) is 0 Å². The lowest BCUT2D eigenvalue weighted by Crippen LogP contribution is -2.31. The van der Waals surface area contributed by atoms with Crippen LogP contribution in [0.1, 0.15) is 29.8 Å². The Labute approximate surface area is 164 Å². The molecular formula is C19H22ClFN2O3S. The van der Waals surface area contributed by atoms with E-state index in [1.165, 1.54) is 28.6 Å². The first-order valence-corrected chi connectivity index (χ1v) is 10.4. The predicted octanol–water partition coefficient (Wildman–Crippen LogP) is 3.48. The van der Waals surface area contributed by atoms with Crippen molar-refractivity contribution in [1.29, 1.82) is 0 Å². The van der Waals surface area contributed by atoms with E-state index in [0.717, 1.165) is 0 Å². The highest BCUT2D eigenvalue weighted by Crippen LogP contribution is 2.23. The summed E-state index contributed by atoms with van der Waals surface area (Å²) < 4.78 is 40.2. The van der Waals surface area contributed by atoms with Gasteiger partial charge in [-0.1, -0.05) is 43.6 Å². The smallest absolute Gasteiger partial charge is 0.252 e. The normalized spacial score (nSPS) is 11.6. The van der Waals surface area contributed by atoms with Gasteiger partial charge in [0.2, 0.25) is 10.0 Å². The third-order valence-electron chi connectivity index (χ3n) is 4.16. The lowest BCUT2D eigenvalue weighted by atomic mass is 10.1. The minimum absolute atomic E-state index is 0.00912. The second kappa shape index (κ2) is 9.30. The summed E-state index contributed by atoms with van der Waals surface area (Å²) in [6.45, 7) is 4.33. The van der Waals surface area contributed by atoms with Gasteiger partial charge in [-0.25, -0.2) is 12.8 Å². The van der Waals surface area contributed by atoms with Crippen LogP contribution >= 0.6 is 11.6 Å². The van der Waals surface area contributed by atoms with Crippen molar-refractivity contribution in [2.45, 2.75) is 25.2 Å². The Morgan fingerprint density at radius 1 is 1.15 bits per heavy atom. The molecule has 0 radical (unpaired) electrons. The van der Waals surface area contributed by atoms with Crippen LogP contribution in [0.4, 0.5) is 4.39 Å². The highest BCUT2D eigenvalue weighted by Gasteiger charge is 2.23. The first-order chi connectivity index (χ1) is 12.8. The van der Waals surface area contributed by atoms with Crippen molar-refractivity contribution >= 4 is 27.5 Å². The Bertz CT molecular complexity index is 915. The molecular weight excluding hydrogens is 391 g/mol. The average Bonchev–Trinajstić information content (AvgIpc) is 2.64. The van der Waals surface area contributed by atoms with Crippen LogP contribution in [-0.4, -0.2) is 38.3 Å². The van der Waals surface area contributed by atoms with E-state index in [-0.39, 0.29) is 27.8 Å². The standard InChI is InChI=1S/C19H22ClFN2O3S/c1-3-23(4-2)27(25,26)15-9-10-17(20)16(13-15)19(24)22-12-11-14-7-5-6-8-18(14)21/h5-10,13H,3-4,11-12H2,1-2H3,(H,22,24). The van der Waals surface area contributed by atoms with E-state index in [0.29, 0.717) is 25.1 Å². The van der Waals surface area contributed by atoms with Gasteiger partial charge in [0.15, 0.2) is 0 Å². The first-order valence-electron chi connectivity index (χ1n) is 8.62. The molecule has 0 saturated heterocycles. The van der Waals surface area contributed by atoms with E-state index in [1.54, 1.807) is 32.0 Å². The van der Waals surface area contributed by atoms with Gasteiger partial charge in [-0.2, -0.15) is 4.31 Å². The van der Waals surface area contributed by atoms with Crippen LogP contribution in [0.5, 0.6) is 0 Å². The van der Waals surface area contributed by atoms with E-state index in [4.69, 9.17) is 11.6 Å². The van der Waals surface area contributed by atoms with Crippen molar-refractivity contribution in [2.24, 2.45) is 0 Å². The summed E-state index contributed by atoms with van der Waals surface area (Å²) in [5.41, 5.74) is 0.556. The van der Waals surface area contributed by atoms with Crippen LogP contribution < -0.4 is 5.32 Å². The molecule has 27 heavy (non-hydrogen) atoms. The molecule has 0 saturated carbocycles. The minimum Gasteiger partial charge on any atom is -0.352 e. The van der Waals surface area contributed by atoms with Gasteiger partial charge in [0, 0.05) is 19.6 Å². The molecule has 0 aromatic heterocycles. The third-order valence-corrected chi connectivity index (χ3v) is 6.54. The highest BCUT2D eigenvalue weighted by atomic mass is 35.5. The second-order valence-corrected chi connectivity index (χ2v) is 8.17. The Morgan fingerprint density at radius 3 is 2.44 bits per heavy atom. The number of amides is 1. The van der Waals surface area contributed by atoms with Gasteiger partial charge < -0.3 is 5.32 Å². The summed E-state index contributed by atoms with van der Waals surface area (Å²) in [6, 6.07) is 10.4. The number of halogens is 2. The number of hydrogen-bond acceptors (Lipinski definition) is 3. The molecule has 1 N–H and O–H groups in total. The number of benzene rings is 2. The fourth-order valence-electron chi connectivity index (χ4n) is 2.66. The summed E-state index contributed by atoms with van der Waals surface area (Å²) in [5, 5.41) is 2.80. The molecule has 0 unspecified atom stereocenters. The van der Waals surface area contributed by atoms with Crippen LogP contribution in [0.25, 0.3) is 0 Å². The minimum atomic E-state index is -3.70. The van der Waals surface area contributed by atoms with Gasteiger partial charge in [0.1, 0.15) is 5.82 Å². The Kier molecular flexibility index (Phi) is 7.35. The van der Waals surface area contributed by atoms with Crippen molar-refractivity contribution in [1.82, 2.24) is 9.62 Å². The van der Waals surface area contributed by atoms with E-state index >= 15 is 0 Å². The zero-order chi connectivity index (χ0) is 20.0. The maximum absolute atomic E-state index is 13.6. The Balaban J connectivity index is 2.15. The molecule has 2 rings (SSSR count). The van der Waals surface area contributed by atoms with Crippen LogP contribution in [0.15, 0.2) is 47.4 Å². The highest BCUT2D eigenvalue weighted by molar-refractivity contribution is 7.89. The predicted molar refractivity (Wildman–Crippen MR) is 104 cm³/mol. The van der Waals surface area contributed by atoms with Gasteiger partial charge in [0.05, 0.1) is 15.5 Å². The molecule has 5 nitrogen and oxygen atoms in total. The van der Waals surface area contributed by atoms with Crippen molar-refractivity contribution < 1.29 is 17.6 Å². The molecule has 0 bridgehead atoms. The van der Waals surface area contributed by atoms with Gasteiger partial charge in [0.25, 0.3) is 5.91 Å². The fraction of sp³-hybridized carbons (Fsp3) is 0.316. The van der Waals surface area contributed by atoms with Crippen LogP contribution in [0.2, 0.25) is 5.02 Å². The lowest BCUT2D eigenvalue weighted by molar-refractivity contribution is 0.0954. The number of carbonyl (C=O) groups is 1.